The monoisotopic (exact) mass is 359 g/mol. The molecule has 0 saturated heterocycles. The average molecular weight is 360 g/mol. The lowest BCUT2D eigenvalue weighted by Crippen LogP contribution is -2.41. The molecule has 0 spiro atoms. The minimum atomic E-state index is -1.02. The van der Waals surface area contributed by atoms with Crippen LogP contribution in [0.25, 0.3) is 0 Å². The molecule has 124 valence electrons. The minimum absolute atomic E-state index is 0.528. The predicted octanol–water partition coefficient (Wildman–Crippen LogP) is 3.82. The van der Waals surface area contributed by atoms with Gasteiger partial charge in [0.25, 0.3) is 5.72 Å². The van der Waals surface area contributed by atoms with Crippen molar-refractivity contribution in [2.24, 2.45) is 0 Å². The van der Waals surface area contributed by atoms with Crippen molar-refractivity contribution in [1.82, 2.24) is 0 Å². The highest BCUT2D eigenvalue weighted by molar-refractivity contribution is 8.13. The molecule has 2 aromatic rings. The number of nitrogens with zero attached hydrogens (tertiary/aromatic N) is 2. The zero-order valence-corrected chi connectivity index (χ0v) is 15.1. The summed E-state index contributed by atoms with van der Waals surface area (Å²) < 4.78 is 2.14. The summed E-state index contributed by atoms with van der Waals surface area (Å²) in [5.74, 6) is 1.09. The van der Waals surface area contributed by atoms with Crippen LogP contribution in [0.3, 0.4) is 0 Å². The SMILES string of the molecule is Cc1ccc(N2CC(O)(c3ccc(Cl)cc3)[N+]3=C2SCCC3)cc1. The lowest BCUT2D eigenvalue weighted by Gasteiger charge is -2.24. The average Bonchev–Trinajstić information content (AvgIpc) is 2.91. The summed E-state index contributed by atoms with van der Waals surface area (Å²) in [6, 6.07) is 16.0. The van der Waals surface area contributed by atoms with Crippen LogP contribution in [0.5, 0.6) is 0 Å². The Kier molecular flexibility index (Phi) is 4.07. The molecular weight excluding hydrogens is 340 g/mol. The Balaban J connectivity index is 1.78. The molecule has 24 heavy (non-hydrogen) atoms. The topological polar surface area (TPSA) is 26.5 Å². The summed E-state index contributed by atoms with van der Waals surface area (Å²) in [5.41, 5.74) is 2.24. The van der Waals surface area contributed by atoms with E-state index in [0.717, 1.165) is 35.1 Å². The van der Waals surface area contributed by atoms with Gasteiger partial charge in [0.2, 0.25) is 0 Å². The van der Waals surface area contributed by atoms with Crippen LogP contribution in [0.2, 0.25) is 5.02 Å². The van der Waals surface area contributed by atoms with Crippen molar-refractivity contribution in [2.45, 2.75) is 19.1 Å². The van der Waals surface area contributed by atoms with Crippen LogP contribution in [-0.2, 0) is 5.72 Å². The first-order chi connectivity index (χ1) is 11.6. The van der Waals surface area contributed by atoms with Gasteiger partial charge >= 0.3 is 5.17 Å². The quantitative estimate of drug-likeness (QED) is 0.826. The maximum atomic E-state index is 11.5. The van der Waals surface area contributed by atoms with Crippen molar-refractivity contribution in [3.05, 3.63) is 64.7 Å². The molecule has 4 rings (SSSR count). The molecule has 5 heteroatoms. The second kappa shape index (κ2) is 6.10. The predicted molar refractivity (Wildman–Crippen MR) is 101 cm³/mol. The molecule has 2 aliphatic rings. The summed E-state index contributed by atoms with van der Waals surface area (Å²) in [5, 5.41) is 13.4. The molecule has 1 unspecified atom stereocenters. The third kappa shape index (κ3) is 2.63. The van der Waals surface area contributed by atoms with Crippen LogP contribution in [0, 0.1) is 6.92 Å². The van der Waals surface area contributed by atoms with E-state index in [2.05, 4.69) is 40.7 Å². The smallest absolute Gasteiger partial charge is 0.316 e. The molecule has 3 nitrogen and oxygen atoms in total. The Bertz CT molecular complexity index is 788. The highest BCUT2D eigenvalue weighted by Crippen LogP contribution is 2.37. The number of aliphatic hydroxyl groups is 1. The molecule has 0 aliphatic carbocycles. The van der Waals surface area contributed by atoms with E-state index in [9.17, 15) is 5.11 Å². The molecule has 0 bridgehead atoms. The Labute approximate surface area is 151 Å². The van der Waals surface area contributed by atoms with Crippen LogP contribution < -0.4 is 4.90 Å². The number of aryl methyl sites for hydroxylation is 1. The van der Waals surface area contributed by atoms with Crippen LogP contribution >= 0.6 is 23.4 Å². The Hall–Kier alpha value is -1.49. The van der Waals surface area contributed by atoms with E-state index in [1.807, 2.05) is 36.0 Å². The highest BCUT2D eigenvalue weighted by Gasteiger charge is 2.53. The number of rotatable bonds is 2. The summed E-state index contributed by atoms with van der Waals surface area (Å²) >= 11 is 7.85. The van der Waals surface area contributed by atoms with E-state index >= 15 is 0 Å². The largest absolute Gasteiger partial charge is 0.346 e. The van der Waals surface area contributed by atoms with Crippen molar-refractivity contribution >= 4 is 34.2 Å². The Morgan fingerprint density at radius 3 is 2.54 bits per heavy atom. The van der Waals surface area contributed by atoms with Crippen LogP contribution in [0.15, 0.2) is 48.5 Å². The van der Waals surface area contributed by atoms with Gasteiger partial charge in [-0.1, -0.05) is 41.4 Å². The van der Waals surface area contributed by atoms with E-state index in [-0.39, 0.29) is 0 Å². The van der Waals surface area contributed by atoms with Gasteiger partial charge in [0.15, 0.2) is 6.54 Å². The fraction of sp³-hybridized carbons (Fsp3) is 0.316. The second-order valence-corrected chi connectivity index (χ2v) is 7.88. The number of benzene rings is 2. The summed E-state index contributed by atoms with van der Waals surface area (Å²) in [6.07, 6.45) is 1.08. The van der Waals surface area contributed by atoms with Gasteiger partial charge in [-0.05, 0) is 49.4 Å². The van der Waals surface area contributed by atoms with Crippen molar-refractivity contribution < 1.29 is 9.68 Å². The van der Waals surface area contributed by atoms with Gasteiger partial charge in [0.05, 0.1) is 6.54 Å². The fourth-order valence-corrected chi connectivity index (χ4v) is 4.70. The number of halogens is 1. The third-order valence-corrected chi connectivity index (χ3v) is 6.14. The maximum Gasteiger partial charge on any atom is 0.316 e. The molecule has 2 heterocycles. The van der Waals surface area contributed by atoms with Gasteiger partial charge in [-0.3, -0.25) is 0 Å². The first-order valence-electron chi connectivity index (χ1n) is 8.18. The van der Waals surface area contributed by atoms with Gasteiger partial charge in [-0.2, -0.15) is 0 Å². The van der Waals surface area contributed by atoms with E-state index in [1.165, 1.54) is 5.56 Å². The van der Waals surface area contributed by atoms with E-state index in [4.69, 9.17) is 11.6 Å². The number of anilines is 1. The molecule has 1 atom stereocenters. The van der Waals surface area contributed by atoms with Crippen molar-refractivity contribution in [2.75, 3.05) is 23.7 Å². The minimum Gasteiger partial charge on any atom is -0.346 e. The van der Waals surface area contributed by atoms with Crippen molar-refractivity contribution in [3.8, 4) is 0 Å². The van der Waals surface area contributed by atoms with E-state index in [1.54, 1.807) is 0 Å². The lowest BCUT2D eigenvalue weighted by molar-refractivity contribution is -0.656. The zero-order chi connectivity index (χ0) is 16.7. The number of hydrogen-bond acceptors (Lipinski definition) is 3. The normalized spacial score (nSPS) is 23.5. The summed E-state index contributed by atoms with van der Waals surface area (Å²) in [6.45, 7) is 3.48. The standard InChI is InChI=1S/C19H20ClN2OS/c1-14-3-9-17(10-4-14)21-13-19(23,15-5-7-16(20)8-6-15)22-11-2-12-24-18(21)22/h3-10,23H,2,11-13H2,1H3/q+1. The first-order valence-corrected chi connectivity index (χ1v) is 9.54. The first kappa shape index (κ1) is 16.0. The molecule has 0 fully saturated rings. The van der Waals surface area contributed by atoms with E-state index in [0.29, 0.717) is 11.6 Å². The lowest BCUT2D eigenvalue weighted by atomic mass is 10.0. The highest BCUT2D eigenvalue weighted by atomic mass is 35.5. The number of β-amino-alcohol motifs (C(OH)–C–C–N with tert-alkyl or cyclic N) is 1. The van der Waals surface area contributed by atoms with Crippen LogP contribution in [-0.4, -0.2) is 33.7 Å². The van der Waals surface area contributed by atoms with Gasteiger partial charge in [-0.15, -0.1) is 0 Å². The van der Waals surface area contributed by atoms with Gasteiger partial charge < -0.3 is 5.11 Å². The molecule has 2 aliphatic heterocycles. The molecule has 1 N–H and O–H groups in total. The number of hydrogen-bond donors (Lipinski definition) is 1. The molecule has 2 aromatic carbocycles. The van der Waals surface area contributed by atoms with Gasteiger partial charge in [0.1, 0.15) is 5.69 Å². The molecule has 0 aromatic heterocycles. The van der Waals surface area contributed by atoms with Crippen LogP contribution in [0.4, 0.5) is 5.69 Å². The van der Waals surface area contributed by atoms with Crippen molar-refractivity contribution in [3.63, 3.8) is 0 Å². The van der Waals surface area contributed by atoms with Crippen molar-refractivity contribution in [1.29, 1.82) is 0 Å². The summed E-state index contributed by atoms with van der Waals surface area (Å²) in [4.78, 5) is 2.23. The zero-order valence-electron chi connectivity index (χ0n) is 13.6. The second-order valence-electron chi connectivity index (χ2n) is 6.38. The molecule has 0 radical (unpaired) electrons. The maximum absolute atomic E-state index is 11.5. The molecule has 0 amide bonds. The van der Waals surface area contributed by atoms with Gasteiger partial charge in [-0.25, -0.2) is 9.48 Å². The van der Waals surface area contributed by atoms with E-state index < -0.39 is 5.72 Å². The molecule has 0 saturated carbocycles. The molecular formula is C19H20ClN2OS+. The Morgan fingerprint density at radius 1 is 1.12 bits per heavy atom. The van der Waals surface area contributed by atoms with Gasteiger partial charge in [0, 0.05) is 16.3 Å². The third-order valence-electron chi connectivity index (χ3n) is 4.70. The fourth-order valence-electron chi connectivity index (χ4n) is 3.39. The summed E-state index contributed by atoms with van der Waals surface area (Å²) in [7, 11) is 0. The Morgan fingerprint density at radius 2 is 1.83 bits per heavy atom. The van der Waals surface area contributed by atoms with Crippen LogP contribution in [0.1, 0.15) is 17.5 Å². The number of thioether (sulfide) groups is 1. The number of amidine groups is 1.